The molecule has 0 aliphatic carbocycles. The number of rotatable bonds is 4. The van der Waals surface area contributed by atoms with E-state index in [9.17, 15) is 4.39 Å². The summed E-state index contributed by atoms with van der Waals surface area (Å²) in [5.74, 6) is 1.68. The van der Waals surface area contributed by atoms with Gasteiger partial charge < -0.3 is 5.32 Å². The summed E-state index contributed by atoms with van der Waals surface area (Å²) in [5.41, 5.74) is 1.01. The Morgan fingerprint density at radius 1 is 1.15 bits per heavy atom. The van der Waals surface area contributed by atoms with Crippen molar-refractivity contribution in [3.05, 3.63) is 41.5 Å². The number of nitrogens with one attached hydrogen (secondary N) is 1. The zero-order chi connectivity index (χ0) is 14.7. The van der Waals surface area contributed by atoms with Crippen molar-refractivity contribution in [1.82, 2.24) is 9.97 Å². The van der Waals surface area contributed by atoms with Crippen LogP contribution in [0.5, 0.6) is 0 Å². The Hall–Kier alpha value is -1.62. The minimum Gasteiger partial charge on any atom is -0.373 e. The van der Waals surface area contributed by atoms with Gasteiger partial charge in [-0.25, -0.2) is 14.4 Å². The highest BCUT2D eigenvalue weighted by molar-refractivity contribution is 7.99. The quantitative estimate of drug-likeness (QED) is 0.855. The van der Waals surface area contributed by atoms with E-state index in [4.69, 9.17) is 0 Å². The van der Waals surface area contributed by atoms with Crippen molar-refractivity contribution in [2.75, 3.05) is 12.4 Å². The second kappa shape index (κ2) is 6.22. The lowest BCUT2D eigenvalue weighted by Crippen LogP contribution is -2.06. The molecule has 1 heterocycles. The van der Waals surface area contributed by atoms with Crippen LogP contribution >= 0.6 is 11.8 Å². The molecular formula is C15H18FN3S. The number of nitrogens with zero attached hydrogens (tertiary/aromatic N) is 2. The monoisotopic (exact) mass is 291 g/mol. The number of hydrogen-bond acceptors (Lipinski definition) is 4. The van der Waals surface area contributed by atoms with Gasteiger partial charge in [0.2, 0.25) is 0 Å². The van der Waals surface area contributed by atoms with E-state index >= 15 is 0 Å². The molecule has 0 saturated carbocycles. The Kier molecular flexibility index (Phi) is 4.60. The van der Waals surface area contributed by atoms with Crippen molar-refractivity contribution in [3.8, 4) is 0 Å². The molecule has 0 aliphatic heterocycles. The first kappa shape index (κ1) is 14.8. The molecule has 0 aliphatic rings. The first-order valence-electron chi connectivity index (χ1n) is 6.51. The first-order valence-corrected chi connectivity index (χ1v) is 7.32. The first-order chi connectivity index (χ1) is 9.51. The van der Waals surface area contributed by atoms with E-state index in [1.165, 1.54) is 23.9 Å². The van der Waals surface area contributed by atoms with Gasteiger partial charge in [-0.3, -0.25) is 0 Å². The minimum absolute atomic E-state index is 0.229. The molecule has 2 aromatic rings. The zero-order valence-electron chi connectivity index (χ0n) is 12.1. The predicted molar refractivity (Wildman–Crippen MR) is 80.9 cm³/mol. The summed E-state index contributed by atoms with van der Waals surface area (Å²) >= 11 is 1.53. The van der Waals surface area contributed by atoms with E-state index in [-0.39, 0.29) is 11.7 Å². The van der Waals surface area contributed by atoms with E-state index in [2.05, 4.69) is 29.1 Å². The lowest BCUT2D eigenvalue weighted by Gasteiger charge is -2.13. The van der Waals surface area contributed by atoms with E-state index in [0.717, 1.165) is 27.1 Å². The fourth-order valence-electron chi connectivity index (χ4n) is 1.73. The highest BCUT2D eigenvalue weighted by Gasteiger charge is 2.13. The van der Waals surface area contributed by atoms with Gasteiger partial charge in [0, 0.05) is 23.4 Å². The Balaban J connectivity index is 2.39. The van der Waals surface area contributed by atoms with Crippen LogP contribution in [-0.4, -0.2) is 17.0 Å². The SMILES string of the molecule is CNc1nc(C(C)C)nc(Sc2ccc(F)cc2)c1C. The molecule has 0 fully saturated rings. The molecule has 0 atom stereocenters. The fourth-order valence-corrected chi connectivity index (χ4v) is 2.61. The van der Waals surface area contributed by atoms with Crippen molar-refractivity contribution >= 4 is 17.6 Å². The molecule has 1 aromatic heterocycles. The lowest BCUT2D eigenvalue weighted by atomic mass is 10.2. The van der Waals surface area contributed by atoms with Gasteiger partial charge >= 0.3 is 0 Å². The number of anilines is 1. The van der Waals surface area contributed by atoms with Crippen LogP contribution in [0.25, 0.3) is 0 Å². The second-order valence-electron chi connectivity index (χ2n) is 4.82. The van der Waals surface area contributed by atoms with E-state index in [1.54, 1.807) is 12.1 Å². The number of hydrogen-bond donors (Lipinski definition) is 1. The predicted octanol–water partition coefficient (Wildman–Crippen LogP) is 4.24. The Labute approximate surface area is 123 Å². The summed E-state index contributed by atoms with van der Waals surface area (Å²) in [7, 11) is 1.85. The van der Waals surface area contributed by atoms with Gasteiger partial charge in [-0.15, -0.1) is 0 Å². The van der Waals surface area contributed by atoms with E-state index in [1.807, 2.05) is 14.0 Å². The zero-order valence-corrected chi connectivity index (χ0v) is 12.9. The maximum absolute atomic E-state index is 12.9. The smallest absolute Gasteiger partial charge is 0.134 e. The molecule has 3 nitrogen and oxygen atoms in total. The van der Waals surface area contributed by atoms with Crippen molar-refractivity contribution in [2.24, 2.45) is 0 Å². The molecular weight excluding hydrogens is 273 g/mol. The molecule has 5 heteroatoms. The van der Waals surface area contributed by atoms with Crippen LogP contribution in [0.4, 0.5) is 10.2 Å². The van der Waals surface area contributed by atoms with E-state index in [0.29, 0.717) is 0 Å². The Morgan fingerprint density at radius 3 is 2.35 bits per heavy atom. The summed E-state index contributed by atoms with van der Waals surface area (Å²) in [5, 5.41) is 4.00. The van der Waals surface area contributed by atoms with Crippen molar-refractivity contribution in [2.45, 2.75) is 36.6 Å². The molecule has 0 unspecified atom stereocenters. The molecule has 0 amide bonds. The molecule has 1 N–H and O–H groups in total. The van der Waals surface area contributed by atoms with Crippen LogP contribution in [0.3, 0.4) is 0 Å². The minimum atomic E-state index is -0.229. The normalized spacial score (nSPS) is 10.9. The van der Waals surface area contributed by atoms with Gasteiger partial charge in [0.05, 0.1) is 0 Å². The molecule has 0 spiro atoms. The van der Waals surface area contributed by atoms with Gasteiger partial charge in [-0.1, -0.05) is 25.6 Å². The molecule has 0 radical (unpaired) electrons. The van der Waals surface area contributed by atoms with Crippen LogP contribution < -0.4 is 5.32 Å². The summed E-state index contributed by atoms with van der Waals surface area (Å²) in [4.78, 5) is 10.1. The van der Waals surface area contributed by atoms with Gasteiger partial charge in [0.1, 0.15) is 22.5 Å². The molecule has 106 valence electrons. The van der Waals surface area contributed by atoms with Crippen LogP contribution in [0, 0.1) is 12.7 Å². The standard InChI is InChI=1S/C15H18FN3S/c1-9(2)13-18-14(17-4)10(3)15(19-13)20-12-7-5-11(16)6-8-12/h5-9H,1-4H3,(H,17,18,19). The van der Waals surface area contributed by atoms with Crippen molar-refractivity contribution < 1.29 is 4.39 Å². The van der Waals surface area contributed by atoms with Gasteiger partial charge in [-0.05, 0) is 31.2 Å². The maximum Gasteiger partial charge on any atom is 0.134 e. The van der Waals surface area contributed by atoms with Gasteiger partial charge in [0.25, 0.3) is 0 Å². The molecule has 0 bridgehead atoms. The average molecular weight is 291 g/mol. The molecule has 0 saturated heterocycles. The number of aromatic nitrogens is 2. The summed E-state index contributed by atoms with van der Waals surface area (Å²) in [6, 6.07) is 6.44. The second-order valence-corrected chi connectivity index (χ2v) is 5.88. The van der Waals surface area contributed by atoms with Crippen molar-refractivity contribution in [1.29, 1.82) is 0 Å². The third kappa shape index (κ3) is 3.28. The number of benzene rings is 1. The third-order valence-corrected chi connectivity index (χ3v) is 4.00. The Bertz CT molecular complexity index is 597. The largest absolute Gasteiger partial charge is 0.373 e. The molecule has 2 rings (SSSR count). The van der Waals surface area contributed by atoms with Crippen LogP contribution in [0.2, 0.25) is 0 Å². The lowest BCUT2D eigenvalue weighted by molar-refractivity contribution is 0.626. The van der Waals surface area contributed by atoms with Crippen molar-refractivity contribution in [3.63, 3.8) is 0 Å². The van der Waals surface area contributed by atoms with Crippen LogP contribution in [0.15, 0.2) is 34.2 Å². The van der Waals surface area contributed by atoms with Gasteiger partial charge in [0.15, 0.2) is 0 Å². The number of halogens is 1. The molecule has 20 heavy (non-hydrogen) atoms. The van der Waals surface area contributed by atoms with Crippen LogP contribution in [-0.2, 0) is 0 Å². The highest BCUT2D eigenvalue weighted by Crippen LogP contribution is 2.32. The molecule has 1 aromatic carbocycles. The van der Waals surface area contributed by atoms with Gasteiger partial charge in [-0.2, -0.15) is 0 Å². The third-order valence-electron chi connectivity index (χ3n) is 2.90. The summed E-state index contributed by atoms with van der Waals surface area (Å²) in [6.45, 7) is 6.12. The van der Waals surface area contributed by atoms with Crippen LogP contribution in [0.1, 0.15) is 31.2 Å². The Morgan fingerprint density at radius 2 is 1.80 bits per heavy atom. The topological polar surface area (TPSA) is 37.8 Å². The van der Waals surface area contributed by atoms with E-state index < -0.39 is 0 Å². The fraction of sp³-hybridized carbons (Fsp3) is 0.333. The summed E-state index contributed by atoms with van der Waals surface area (Å²) in [6.07, 6.45) is 0. The highest BCUT2D eigenvalue weighted by atomic mass is 32.2. The maximum atomic E-state index is 12.9. The summed E-state index contributed by atoms with van der Waals surface area (Å²) < 4.78 is 12.9. The average Bonchev–Trinajstić information content (AvgIpc) is 2.43.